The molecule has 27 heavy (non-hydrogen) atoms. The number of fused-ring (bicyclic) bond motifs is 1. The number of hydrogen-bond acceptors (Lipinski definition) is 4. The van der Waals surface area contributed by atoms with E-state index in [2.05, 4.69) is 33.7 Å². The Balaban J connectivity index is 1.34. The lowest BCUT2D eigenvalue weighted by Gasteiger charge is -2.26. The molecule has 3 aromatic rings. The topological polar surface area (TPSA) is 68.0 Å². The van der Waals surface area contributed by atoms with Crippen molar-refractivity contribution in [1.82, 2.24) is 15.5 Å². The first-order chi connectivity index (χ1) is 13.2. The van der Waals surface area contributed by atoms with Gasteiger partial charge in [0.15, 0.2) is 0 Å². The summed E-state index contributed by atoms with van der Waals surface area (Å²) >= 11 is 0. The summed E-state index contributed by atoms with van der Waals surface area (Å²) in [4.78, 5) is 16.8. The Morgan fingerprint density at radius 3 is 2.85 bits per heavy atom. The van der Waals surface area contributed by atoms with Crippen LogP contribution in [0.4, 0.5) is 0 Å². The van der Waals surface area contributed by atoms with Gasteiger partial charge in [-0.3, -0.25) is 4.79 Å². The lowest BCUT2D eigenvalue weighted by molar-refractivity contribution is -0.122. The molecule has 1 aliphatic carbocycles. The molecule has 0 aliphatic heterocycles. The van der Waals surface area contributed by atoms with Gasteiger partial charge >= 0.3 is 0 Å². The molecule has 0 fully saturated rings. The molecule has 5 nitrogen and oxygen atoms in total. The van der Waals surface area contributed by atoms with Crippen molar-refractivity contribution >= 4 is 5.91 Å². The van der Waals surface area contributed by atoms with Gasteiger partial charge in [-0.25, -0.2) is 0 Å². The van der Waals surface area contributed by atoms with Gasteiger partial charge in [0.05, 0.1) is 6.04 Å². The van der Waals surface area contributed by atoms with E-state index in [0.717, 1.165) is 24.8 Å². The largest absolute Gasteiger partial charge is 0.349 e. The van der Waals surface area contributed by atoms with Crippen LogP contribution in [0.5, 0.6) is 0 Å². The molecule has 5 heteroatoms. The van der Waals surface area contributed by atoms with Gasteiger partial charge in [0, 0.05) is 18.4 Å². The van der Waals surface area contributed by atoms with E-state index in [1.54, 1.807) is 0 Å². The minimum Gasteiger partial charge on any atom is -0.349 e. The van der Waals surface area contributed by atoms with Crippen LogP contribution in [-0.2, 0) is 17.6 Å². The third-order valence-electron chi connectivity index (χ3n) is 5.05. The van der Waals surface area contributed by atoms with Crippen LogP contribution in [0.2, 0.25) is 0 Å². The van der Waals surface area contributed by atoms with Crippen LogP contribution in [0.3, 0.4) is 0 Å². The summed E-state index contributed by atoms with van der Waals surface area (Å²) in [5, 5.41) is 7.18. The summed E-state index contributed by atoms with van der Waals surface area (Å²) in [6.07, 6.45) is 3.96. The first-order valence-electron chi connectivity index (χ1n) is 9.46. The number of amides is 1. The van der Waals surface area contributed by atoms with Crippen molar-refractivity contribution < 1.29 is 9.32 Å². The summed E-state index contributed by atoms with van der Waals surface area (Å²) in [6.45, 7) is 2.04. The molecule has 1 heterocycles. The average Bonchev–Trinajstić information content (AvgIpc) is 3.16. The summed E-state index contributed by atoms with van der Waals surface area (Å²) in [5.74, 6) is 1.07. The molecule has 0 unspecified atom stereocenters. The highest BCUT2D eigenvalue weighted by Gasteiger charge is 2.21. The second kappa shape index (κ2) is 7.74. The minimum atomic E-state index is 0.0202. The third kappa shape index (κ3) is 4.08. The van der Waals surface area contributed by atoms with Crippen LogP contribution in [0, 0.1) is 6.92 Å². The number of carbonyl (C=O) groups is 1. The molecule has 1 aliphatic rings. The standard InChI is InChI=1S/C22H23N3O2/c1-15-9-11-17(12-10-15)22-24-21(27-25-22)14-13-20(26)23-19-8-4-6-16-5-2-3-7-18(16)19/h2-3,5,7,9-12,19H,4,6,8,13-14H2,1H3,(H,23,26)/t19-/m1/s1. The van der Waals surface area contributed by atoms with Gasteiger partial charge in [-0.15, -0.1) is 0 Å². The molecular formula is C22H23N3O2. The Bertz CT molecular complexity index is 931. The summed E-state index contributed by atoms with van der Waals surface area (Å²) < 4.78 is 5.30. The highest BCUT2D eigenvalue weighted by atomic mass is 16.5. The second-order valence-electron chi connectivity index (χ2n) is 7.09. The highest BCUT2D eigenvalue weighted by molar-refractivity contribution is 5.76. The molecule has 0 bridgehead atoms. The second-order valence-corrected chi connectivity index (χ2v) is 7.09. The quantitative estimate of drug-likeness (QED) is 0.740. The number of nitrogens with one attached hydrogen (secondary N) is 1. The fraction of sp³-hybridized carbons (Fsp3) is 0.318. The first kappa shape index (κ1) is 17.5. The van der Waals surface area contributed by atoms with E-state index in [4.69, 9.17) is 4.52 Å². The lowest BCUT2D eigenvalue weighted by Crippen LogP contribution is -2.31. The van der Waals surface area contributed by atoms with E-state index in [1.165, 1.54) is 16.7 Å². The normalized spacial score (nSPS) is 16.0. The maximum Gasteiger partial charge on any atom is 0.227 e. The molecule has 1 atom stereocenters. The monoisotopic (exact) mass is 361 g/mol. The Morgan fingerprint density at radius 2 is 2.00 bits per heavy atom. The Labute approximate surface area is 158 Å². The molecule has 0 spiro atoms. The molecule has 138 valence electrons. The number of hydrogen-bond donors (Lipinski definition) is 1. The van der Waals surface area contributed by atoms with Crippen LogP contribution in [0.25, 0.3) is 11.4 Å². The summed E-state index contributed by atoms with van der Waals surface area (Å²) in [5.41, 5.74) is 4.69. The zero-order valence-electron chi connectivity index (χ0n) is 15.4. The summed E-state index contributed by atoms with van der Waals surface area (Å²) in [7, 11) is 0. The summed E-state index contributed by atoms with van der Waals surface area (Å²) in [6, 6.07) is 16.4. The van der Waals surface area contributed by atoms with Crippen LogP contribution in [-0.4, -0.2) is 16.0 Å². The van der Waals surface area contributed by atoms with Gasteiger partial charge in [-0.05, 0) is 37.3 Å². The number of rotatable bonds is 5. The Morgan fingerprint density at radius 1 is 1.19 bits per heavy atom. The SMILES string of the molecule is Cc1ccc(-c2noc(CCC(=O)N[C@@H]3CCCc4ccccc43)n2)cc1. The van der Waals surface area contributed by atoms with E-state index in [0.29, 0.717) is 24.6 Å². The number of aromatic nitrogens is 2. The van der Waals surface area contributed by atoms with Gasteiger partial charge in [0.25, 0.3) is 0 Å². The zero-order valence-corrected chi connectivity index (χ0v) is 15.4. The van der Waals surface area contributed by atoms with Crippen molar-refractivity contribution in [2.75, 3.05) is 0 Å². The van der Waals surface area contributed by atoms with Crippen LogP contribution >= 0.6 is 0 Å². The van der Waals surface area contributed by atoms with Crippen molar-refractivity contribution in [3.63, 3.8) is 0 Å². The molecule has 1 N–H and O–H groups in total. The van der Waals surface area contributed by atoms with Crippen molar-refractivity contribution in [2.24, 2.45) is 0 Å². The molecule has 0 radical (unpaired) electrons. The third-order valence-corrected chi connectivity index (χ3v) is 5.05. The average molecular weight is 361 g/mol. The fourth-order valence-corrected chi connectivity index (χ4v) is 3.57. The van der Waals surface area contributed by atoms with Crippen molar-refractivity contribution in [1.29, 1.82) is 0 Å². The lowest BCUT2D eigenvalue weighted by atomic mass is 9.87. The van der Waals surface area contributed by atoms with Crippen LogP contribution in [0.15, 0.2) is 53.1 Å². The maximum absolute atomic E-state index is 12.4. The van der Waals surface area contributed by atoms with Gasteiger partial charge < -0.3 is 9.84 Å². The molecule has 4 rings (SSSR count). The number of nitrogens with zero attached hydrogens (tertiary/aromatic N) is 2. The molecule has 2 aromatic carbocycles. The van der Waals surface area contributed by atoms with Gasteiger partial charge in [-0.2, -0.15) is 4.98 Å². The minimum absolute atomic E-state index is 0.0202. The van der Waals surface area contributed by atoms with E-state index < -0.39 is 0 Å². The van der Waals surface area contributed by atoms with Crippen LogP contribution < -0.4 is 5.32 Å². The Hall–Kier alpha value is -2.95. The number of carbonyl (C=O) groups excluding carboxylic acids is 1. The smallest absolute Gasteiger partial charge is 0.227 e. The fourth-order valence-electron chi connectivity index (χ4n) is 3.57. The van der Waals surface area contributed by atoms with E-state index in [9.17, 15) is 4.79 Å². The Kier molecular flexibility index (Phi) is 5.01. The van der Waals surface area contributed by atoms with E-state index >= 15 is 0 Å². The predicted molar refractivity (Wildman–Crippen MR) is 103 cm³/mol. The van der Waals surface area contributed by atoms with Gasteiger partial charge in [0.2, 0.25) is 17.6 Å². The molecule has 0 saturated heterocycles. The number of benzene rings is 2. The van der Waals surface area contributed by atoms with Crippen molar-refractivity contribution in [3.8, 4) is 11.4 Å². The number of aryl methyl sites for hydroxylation is 3. The van der Waals surface area contributed by atoms with Crippen molar-refractivity contribution in [2.45, 2.75) is 45.1 Å². The molecular weight excluding hydrogens is 338 g/mol. The van der Waals surface area contributed by atoms with Crippen molar-refractivity contribution in [3.05, 3.63) is 71.1 Å². The zero-order chi connectivity index (χ0) is 18.6. The molecule has 1 aromatic heterocycles. The predicted octanol–water partition coefficient (Wildman–Crippen LogP) is 4.17. The maximum atomic E-state index is 12.4. The van der Waals surface area contributed by atoms with Gasteiger partial charge in [0.1, 0.15) is 0 Å². The molecule has 1 amide bonds. The van der Waals surface area contributed by atoms with E-state index in [1.807, 2.05) is 37.3 Å². The van der Waals surface area contributed by atoms with Gasteiger partial charge in [-0.1, -0.05) is 59.3 Å². The molecule has 0 saturated carbocycles. The van der Waals surface area contributed by atoms with Crippen LogP contribution in [0.1, 0.15) is 47.9 Å². The highest BCUT2D eigenvalue weighted by Crippen LogP contribution is 2.29. The first-order valence-corrected chi connectivity index (χ1v) is 9.46. The van der Waals surface area contributed by atoms with E-state index in [-0.39, 0.29) is 11.9 Å².